The lowest BCUT2D eigenvalue weighted by Gasteiger charge is -2.11. The summed E-state index contributed by atoms with van der Waals surface area (Å²) in [6.45, 7) is 0. The number of methoxy groups -OCH3 is 1. The van der Waals surface area contributed by atoms with Crippen LogP contribution in [-0.2, 0) is 16.0 Å². The maximum absolute atomic E-state index is 12.2. The fourth-order valence-corrected chi connectivity index (χ4v) is 2.36. The average Bonchev–Trinajstić information content (AvgIpc) is 2.99. The Bertz CT molecular complexity index is 684. The minimum atomic E-state index is -0.530. The van der Waals surface area contributed by atoms with Crippen LogP contribution in [0.4, 0.5) is 5.69 Å². The van der Waals surface area contributed by atoms with E-state index in [1.165, 1.54) is 7.11 Å². The van der Waals surface area contributed by atoms with Crippen LogP contribution in [0.1, 0.15) is 15.9 Å². The molecule has 0 radical (unpaired) electrons. The highest BCUT2D eigenvalue weighted by molar-refractivity contribution is 5.96. The quantitative estimate of drug-likeness (QED) is 0.884. The van der Waals surface area contributed by atoms with E-state index >= 15 is 0 Å². The van der Waals surface area contributed by atoms with Crippen LogP contribution in [0.2, 0.25) is 0 Å². The lowest BCUT2D eigenvalue weighted by molar-refractivity contribution is -0.122. The van der Waals surface area contributed by atoms with Crippen molar-refractivity contribution < 1.29 is 19.1 Å². The fraction of sp³-hybridized carbons (Fsp3) is 0.176. The number of esters is 1. The zero-order valence-electron chi connectivity index (χ0n) is 12.0. The van der Waals surface area contributed by atoms with Gasteiger partial charge < -0.3 is 14.8 Å². The number of fused-ring (bicyclic) bond motifs is 1. The molecule has 5 nitrogen and oxygen atoms in total. The number of rotatable bonds is 3. The van der Waals surface area contributed by atoms with Crippen molar-refractivity contribution in [1.82, 2.24) is 0 Å². The first-order valence-electron chi connectivity index (χ1n) is 6.91. The Kier molecular flexibility index (Phi) is 3.78. The molecule has 1 atom stereocenters. The van der Waals surface area contributed by atoms with Crippen LogP contribution in [-0.4, -0.2) is 25.1 Å². The highest BCUT2D eigenvalue weighted by Gasteiger charge is 2.28. The second-order valence-corrected chi connectivity index (χ2v) is 4.98. The third kappa shape index (κ3) is 2.79. The number of carbonyl (C=O) groups is 2. The molecule has 22 heavy (non-hydrogen) atoms. The summed E-state index contributed by atoms with van der Waals surface area (Å²) < 4.78 is 10.3. The average molecular weight is 297 g/mol. The summed E-state index contributed by atoms with van der Waals surface area (Å²) in [5.41, 5.74) is 2.07. The number of benzene rings is 2. The molecule has 1 N–H and O–H groups in total. The molecule has 2 aromatic rings. The fourth-order valence-electron chi connectivity index (χ4n) is 2.36. The first-order valence-corrected chi connectivity index (χ1v) is 6.91. The maximum Gasteiger partial charge on any atom is 0.337 e. The molecule has 1 heterocycles. The van der Waals surface area contributed by atoms with Crippen LogP contribution in [0.15, 0.2) is 48.5 Å². The van der Waals surface area contributed by atoms with Crippen molar-refractivity contribution in [2.45, 2.75) is 12.5 Å². The first kappa shape index (κ1) is 14.1. The van der Waals surface area contributed by atoms with E-state index in [0.717, 1.165) is 11.3 Å². The molecule has 0 saturated carbocycles. The Hall–Kier alpha value is -2.82. The molecule has 0 spiro atoms. The van der Waals surface area contributed by atoms with Gasteiger partial charge in [0, 0.05) is 12.1 Å². The molecule has 1 amide bonds. The SMILES string of the molecule is COC(=O)c1ccc(NC(=O)[C@@H]2Cc3ccccc3O2)cc1. The van der Waals surface area contributed by atoms with Gasteiger partial charge in [-0.2, -0.15) is 0 Å². The van der Waals surface area contributed by atoms with Gasteiger partial charge in [0.1, 0.15) is 5.75 Å². The molecule has 1 aliphatic heterocycles. The monoisotopic (exact) mass is 297 g/mol. The van der Waals surface area contributed by atoms with E-state index in [0.29, 0.717) is 17.7 Å². The zero-order valence-corrected chi connectivity index (χ0v) is 12.0. The standard InChI is InChI=1S/C17H15NO4/c1-21-17(20)11-6-8-13(9-7-11)18-16(19)15-10-12-4-2-3-5-14(12)22-15/h2-9,15H,10H2,1H3,(H,18,19)/t15-/m0/s1. The molecular weight excluding hydrogens is 282 g/mol. The summed E-state index contributed by atoms with van der Waals surface area (Å²) in [6.07, 6.45) is 0.0279. The van der Waals surface area contributed by atoms with Crippen LogP contribution < -0.4 is 10.1 Å². The molecule has 5 heteroatoms. The van der Waals surface area contributed by atoms with Gasteiger partial charge in [-0.15, -0.1) is 0 Å². The number of anilines is 1. The van der Waals surface area contributed by atoms with Gasteiger partial charge >= 0.3 is 5.97 Å². The van der Waals surface area contributed by atoms with Gasteiger partial charge in [0.25, 0.3) is 5.91 Å². The van der Waals surface area contributed by atoms with Crippen molar-refractivity contribution in [2.75, 3.05) is 12.4 Å². The minimum absolute atomic E-state index is 0.206. The second-order valence-electron chi connectivity index (χ2n) is 4.98. The third-order valence-corrected chi connectivity index (χ3v) is 3.51. The summed E-state index contributed by atoms with van der Waals surface area (Å²) in [5.74, 6) is 0.137. The lowest BCUT2D eigenvalue weighted by atomic mass is 10.1. The van der Waals surface area contributed by atoms with Gasteiger partial charge in [-0.3, -0.25) is 4.79 Å². The molecule has 0 bridgehead atoms. The van der Waals surface area contributed by atoms with Gasteiger partial charge in [0.05, 0.1) is 12.7 Å². The van der Waals surface area contributed by atoms with Crippen LogP contribution in [0.3, 0.4) is 0 Å². The Morgan fingerprint density at radius 2 is 1.86 bits per heavy atom. The zero-order chi connectivity index (χ0) is 15.5. The van der Waals surface area contributed by atoms with E-state index in [1.54, 1.807) is 24.3 Å². The van der Waals surface area contributed by atoms with E-state index in [-0.39, 0.29) is 5.91 Å². The van der Waals surface area contributed by atoms with E-state index < -0.39 is 12.1 Å². The van der Waals surface area contributed by atoms with Crippen LogP contribution in [0, 0.1) is 0 Å². The Labute approximate surface area is 127 Å². The summed E-state index contributed by atoms with van der Waals surface area (Å²) in [5, 5.41) is 2.79. The highest BCUT2D eigenvalue weighted by Crippen LogP contribution is 2.28. The van der Waals surface area contributed by atoms with E-state index in [4.69, 9.17) is 4.74 Å². The van der Waals surface area contributed by atoms with Gasteiger partial charge in [-0.05, 0) is 35.9 Å². The topological polar surface area (TPSA) is 64.6 Å². The van der Waals surface area contributed by atoms with Gasteiger partial charge in [-0.1, -0.05) is 18.2 Å². The van der Waals surface area contributed by atoms with Gasteiger partial charge in [0.2, 0.25) is 0 Å². The van der Waals surface area contributed by atoms with E-state index in [1.807, 2.05) is 24.3 Å². The Balaban J connectivity index is 1.64. The number of hydrogen-bond acceptors (Lipinski definition) is 4. The van der Waals surface area contributed by atoms with Gasteiger partial charge in [0.15, 0.2) is 6.10 Å². The number of ether oxygens (including phenoxy) is 2. The molecule has 3 rings (SSSR count). The Morgan fingerprint density at radius 3 is 2.55 bits per heavy atom. The van der Waals surface area contributed by atoms with Crippen molar-refractivity contribution in [1.29, 1.82) is 0 Å². The first-order chi connectivity index (χ1) is 10.7. The minimum Gasteiger partial charge on any atom is -0.480 e. The van der Waals surface area contributed by atoms with Crippen LogP contribution in [0.25, 0.3) is 0 Å². The molecule has 0 aromatic heterocycles. The predicted octanol–water partition coefficient (Wildman–Crippen LogP) is 2.42. The number of amides is 1. The normalized spacial score (nSPS) is 15.6. The van der Waals surface area contributed by atoms with Crippen LogP contribution >= 0.6 is 0 Å². The van der Waals surface area contributed by atoms with Crippen molar-refractivity contribution in [3.63, 3.8) is 0 Å². The summed E-state index contributed by atoms with van der Waals surface area (Å²) in [6, 6.07) is 14.1. The molecule has 0 saturated heterocycles. The van der Waals surface area contributed by atoms with Crippen molar-refractivity contribution in [3.8, 4) is 5.75 Å². The van der Waals surface area contributed by atoms with Crippen LogP contribution in [0.5, 0.6) is 5.75 Å². The number of nitrogens with one attached hydrogen (secondary N) is 1. The number of hydrogen-bond donors (Lipinski definition) is 1. The summed E-state index contributed by atoms with van der Waals surface area (Å²) >= 11 is 0. The van der Waals surface area contributed by atoms with Crippen molar-refractivity contribution in [3.05, 3.63) is 59.7 Å². The highest BCUT2D eigenvalue weighted by atomic mass is 16.5. The molecule has 0 unspecified atom stereocenters. The molecule has 112 valence electrons. The van der Waals surface area contributed by atoms with Gasteiger partial charge in [-0.25, -0.2) is 4.79 Å². The number of carbonyl (C=O) groups excluding carboxylic acids is 2. The smallest absolute Gasteiger partial charge is 0.337 e. The van der Waals surface area contributed by atoms with Crippen molar-refractivity contribution >= 4 is 17.6 Å². The third-order valence-electron chi connectivity index (χ3n) is 3.51. The van der Waals surface area contributed by atoms with Crippen molar-refractivity contribution in [2.24, 2.45) is 0 Å². The molecule has 2 aromatic carbocycles. The molecule has 0 aliphatic carbocycles. The largest absolute Gasteiger partial charge is 0.480 e. The number of para-hydroxylation sites is 1. The molecule has 1 aliphatic rings. The molecular formula is C17H15NO4. The maximum atomic E-state index is 12.2. The lowest BCUT2D eigenvalue weighted by Crippen LogP contribution is -2.31. The van der Waals surface area contributed by atoms with E-state index in [2.05, 4.69) is 10.1 Å². The molecule has 0 fully saturated rings. The Morgan fingerprint density at radius 1 is 1.14 bits per heavy atom. The second kappa shape index (κ2) is 5.89. The predicted molar refractivity (Wildman–Crippen MR) is 81.0 cm³/mol. The van der Waals surface area contributed by atoms with E-state index in [9.17, 15) is 9.59 Å². The summed E-state index contributed by atoms with van der Waals surface area (Å²) in [7, 11) is 1.33. The summed E-state index contributed by atoms with van der Waals surface area (Å²) in [4.78, 5) is 23.6.